The number of carbonyl (C=O) groups is 2. The SMILES string of the molecule is CN1CCN(CCC(=O)Nc2cc(Nc3cc(-c4cc(Cl)ccc4F)nnc3N3CC[C@H]3C(=O)C3CC3)ccn2)CC1. The predicted molar refractivity (Wildman–Crippen MR) is 161 cm³/mol. The number of nitrogens with zero attached hydrogens (tertiary/aromatic N) is 6. The Balaban J connectivity index is 1.21. The third kappa shape index (κ3) is 6.53. The quantitative estimate of drug-likeness (QED) is 0.358. The number of hydrogen-bond acceptors (Lipinski definition) is 9. The van der Waals surface area contributed by atoms with Crippen molar-refractivity contribution in [2.24, 2.45) is 5.92 Å². The van der Waals surface area contributed by atoms with Crippen molar-refractivity contribution < 1.29 is 14.0 Å². The zero-order valence-electron chi connectivity index (χ0n) is 23.5. The molecular formula is C30H34ClFN8O2. The molecule has 6 rings (SSSR count). The fraction of sp³-hybridized carbons (Fsp3) is 0.433. The van der Waals surface area contributed by atoms with Gasteiger partial charge in [0.15, 0.2) is 11.6 Å². The second-order valence-electron chi connectivity index (χ2n) is 11.3. The number of likely N-dealkylation sites (N-methyl/N-ethyl adjacent to an activating group) is 1. The zero-order chi connectivity index (χ0) is 29.2. The van der Waals surface area contributed by atoms with E-state index >= 15 is 0 Å². The Labute approximate surface area is 249 Å². The van der Waals surface area contributed by atoms with Gasteiger partial charge in [0.05, 0.1) is 17.4 Å². The van der Waals surface area contributed by atoms with Gasteiger partial charge in [0.25, 0.3) is 0 Å². The monoisotopic (exact) mass is 592 g/mol. The summed E-state index contributed by atoms with van der Waals surface area (Å²) in [5.41, 5.74) is 1.74. The molecule has 3 aliphatic rings. The minimum atomic E-state index is -0.469. The molecule has 1 aromatic carbocycles. The van der Waals surface area contributed by atoms with E-state index in [1.54, 1.807) is 24.4 Å². The first kappa shape index (κ1) is 28.4. The van der Waals surface area contributed by atoms with Crippen LogP contribution in [0.2, 0.25) is 5.02 Å². The summed E-state index contributed by atoms with van der Waals surface area (Å²) in [5.74, 6) is 0.725. The van der Waals surface area contributed by atoms with Crippen molar-refractivity contribution in [3.63, 3.8) is 0 Å². The predicted octanol–water partition coefficient (Wildman–Crippen LogP) is 4.21. The second kappa shape index (κ2) is 12.3. The number of halogens is 2. The molecule has 42 heavy (non-hydrogen) atoms. The van der Waals surface area contributed by atoms with Crippen LogP contribution in [0, 0.1) is 11.7 Å². The van der Waals surface area contributed by atoms with E-state index in [0.717, 1.165) is 45.4 Å². The largest absolute Gasteiger partial charge is 0.352 e. The molecule has 1 aliphatic carbocycles. The smallest absolute Gasteiger partial charge is 0.226 e. The molecule has 0 unspecified atom stereocenters. The van der Waals surface area contributed by atoms with Gasteiger partial charge in [-0.3, -0.25) is 9.59 Å². The molecule has 0 spiro atoms. The molecule has 0 radical (unpaired) electrons. The Hall–Kier alpha value is -3.67. The molecule has 3 aromatic rings. The highest BCUT2D eigenvalue weighted by atomic mass is 35.5. The van der Waals surface area contributed by atoms with Gasteiger partial charge in [-0.25, -0.2) is 9.37 Å². The lowest BCUT2D eigenvalue weighted by Crippen LogP contribution is -2.53. The van der Waals surface area contributed by atoms with E-state index in [0.29, 0.717) is 53.2 Å². The number of Topliss-reactive ketones (excluding diaryl/α,β-unsaturated/α-hetero) is 1. The normalized spacial score (nSPS) is 19.3. The molecule has 0 bridgehead atoms. The molecule has 2 N–H and O–H groups in total. The van der Waals surface area contributed by atoms with Crippen LogP contribution in [0.3, 0.4) is 0 Å². The Kier molecular flexibility index (Phi) is 8.32. The van der Waals surface area contributed by atoms with E-state index in [1.165, 1.54) is 18.2 Å². The molecule has 2 aromatic heterocycles. The van der Waals surface area contributed by atoms with Crippen molar-refractivity contribution in [3.05, 3.63) is 53.4 Å². The van der Waals surface area contributed by atoms with Gasteiger partial charge in [-0.15, -0.1) is 10.2 Å². The van der Waals surface area contributed by atoms with E-state index in [2.05, 4.69) is 42.7 Å². The molecule has 1 amide bonds. The zero-order valence-corrected chi connectivity index (χ0v) is 24.3. The van der Waals surface area contributed by atoms with Crippen LogP contribution in [0.1, 0.15) is 25.7 Å². The van der Waals surface area contributed by atoms with Gasteiger partial charge in [-0.1, -0.05) is 11.6 Å². The van der Waals surface area contributed by atoms with Crippen LogP contribution in [0.4, 0.5) is 27.4 Å². The maximum atomic E-state index is 14.7. The van der Waals surface area contributed by atoms with Crippen LogP contribution in [0.25, 0.3) is 11.3 Å². The number of piperazine rings is 1. The van der Waals surface area contributed by atoms with Crippen LogP contribution in [-0.4, -0.2) is 89.0 Å². The molecule has 3 fully saturated rings. The first-order valence-electron chi connectivity index (χ1n) is 14.4. The molecule has 1 saturated carbocycles. The van der Waals surface area contributed by atoms with Crippen molar-refractivity contribution in [1.29, 1.82) is 0 Å². The van der Waals surface area contributed by atoms with Crippen LogP contribution in [0.5, 0.6) is 0 Å². The van der Waals surface area contributed by atoms with Crippen molar-refractivity contribution in [1.82, 2.24) is 25.0 Å². The number of anilines is 4. The average molecular weight is 593 g/mol. The van der Waals surface area contributed by atoms with E-state index in [1.807, 2.05) is 4.90 Å². The number of rotatable bonds is 10. The average Bonchev–Trinajstić information content (AvgIpc) is 3.81. The lowest BCUT2D eigenvalue weighted by Gasteiger charge is -2.41. The first-order chi connectivity index (χ1) is 20.3. The van der Waals surface area contributed by atoms with Crippen molar-refractivity contribution in [2.45, 2.75) is 31.7 Å². The molecule has 2 saturated heterocycles. The summed E-state index contributed by atoms with van der Waals surface area (Å²) in [7, 11) is 2.10. The van der Waals surface area contributed by atoms with Gasteiger partial charge in [0.1, 0.15) is 11.6 Å². The van der Waals surface area contributed by atoms with Gasteiger partial charge in [-0.2, -0.15) is 0 Å². The van der Waals surface area contributed by atoms with Crippen molar-refractivity contribution in [2.75, 3.05) is 61.8 Å². The summed E-state index contributed by atoms with van der Waals surface area (Å²) >= 11 is 6.15. The maximum absolute atomic E-state index is 14.7. The number of nitrogens with one attached hydrogen (secondary N) is 2. The summed E-state index contributed by atoms with van der Waals surface area (Å²) < 4.78 is 14.7. The summed E-state index contributed by atoms with van der Waals surface area (Å²) in [6.07, 6.45) is 4.62. The van der Waals surface area contributed by atoms with Crippen LogP contribution >= 0.6 is 11.6 Å². The van der Waals surface area contributed by atoms with Crippen LogP contribution in [-0.2, 0) is 9.59 Å². The summed E-state index contributed by atoms with van der Waals surface area (Å²) in [6, 6.07) is 9.26. The molecular weight excluding hydrogens is 559 g/mol. The van der Waals surface area contributed by atoms with E-state index in [9.17, 15) is 14.0 Å². The molecule has 2 aliphatic heterocycles. The van der Waals surface area contributed by atoms with Gasteiger partial charge in [0, 0.05) is 80.1 Å². The second-order valence-corrected chi connectivity index (χ2v) is 11.7. The molecule has 12 heteroatoms. The lowest BCUT2D eigenvalue weighted by atomic mass is 9.95. The van der Waals surface area contributed by atoms with Gasteiger partial charge in [0.2, 0.25) is 5.91 Å². The van der Waals surface area contributed by atoms with Crippen LogP contribution < -0.4 is 15.5 Å². The highest BCUT2D eigenvalue weighted by molar-refractivity contribution is 6.30. The van der Waals surface area contributed by atoms with E-state index in [4.69, 9.17) is 11.6 Å². The maximum Gasteiger partial charge on any atom is 0.226 e. The van der Waals surface area contributed by atoms with E-state index < -0.39 is 5.82 Å². The summed E-state index contributed by atoms with van der Waals surface area (Å²) in [4.78, 5) is 36.4. The van der Waals surface area contributed by atoms with E-state index in [-0.39, 0.29) is 29.2 Å². The molecule has 10 nitrogen and oxygen atoms in total. The third-order valence-electron chi connectivity index (χ3n) is 8.14. The summed E-state index contributed by atoms with van der Waals surface area (Å²) in [5, 5.41) is 15.4. The van der Waals surface area contributed by atoms with Crippen molar-refractivity contribution >= 4 is 46.3 Å². The standard InChI is InChI=1S/C30H34ClFN8O2/c1-38-12-14-39(15-13-38)10-8-28(41)35-27-17-21(6-9-33-27)34-25-18-24(22-16-20(31)4-5-23(22)32)36-37-30(25)40-11-7-26(40)29(42)19-2-3-19/h4-6,9,16-19,26H,2-3,7-8,10-15H2,1H3,(H2,33,34,35,36,41)/t26-/m0/s1. The van der Waals surface area contributed by atoms with Crippen molar-refractivity contribution in [3.8, 4) is 11.3 Å². The molecule has 1 atom stereocenters. The highest BCUT2D eigenvalue weighted by Gasteiger charge is 2.43. The number of amides is 1. The topological polar surface area (TPSA) is 107 Å². The number of aromatic nitrogens is 3. The lowest BCUT2D eigenvalue weighted by molar-refractivity contribution is -0.122. The number of benzene rings is 1. The molecule has 220 valence electrons. The highest BCUT2D eigenvalue weighted by Crippen LogP contribution is 2.40. The fourth-order valence-electron chi connectivity index (χ4n) is 5.36. The van der Waals surface area contributed by atoms with Crippen LogP contribution in [0.15, 0.2) is 42.6 Å². The molecule has 4 heterocycles. The first-order valence-corrected chi connectivity index (χ1v) is 14.8. The van der Waals surface area contributed by atoms with Gasteiger partial charge >= 0.3 is 0 Å². The number of hydrogen-bond donors (Lipinski definition) is 2. The van der Waals surface area contributed by atoms with Gasteiger partial charge in [-0.05, 0) is 56.6 Å². The third-order valence-corrected chi connectivity index (χ3v) is 8.37. The number of pyridine rings is 1. The summed E-state index contributed by atoms with van der Waals surface area (Å²) in [6.45, 7) is 5.28. The Morgan fingerprint density at radius 2 is 1.83 bits per heavy atom. The Morgan fingerprint density at radius 3 is 2.57 bits per heavy atom. The fourth-order valence-corrected chi connectivity index (χ4v) is 5.53. The minimum absolute atomic E-state index is 0.106. The Bertz CT molecular complexity index is 1480. The number of carbonyl (C=O) groups excluding carboxylic acids is 2. The Morgan fingerprint density at radius 1 is 1.02 bits per heavy atom. The number of ketones is 1. The minimum Gasteiger partial charge on any atom is -0.352 e. The van der Waals surface area contributed by atoms with Gasteiger partial charge < -0.3 is 25.3 Å².